The van der Waals surface area contributed by atoms with Crippen LogP contribution in [0.4, 0.5) is 4.79 Å². The number of carbonyl (C=O) groups is 1. The van der Waals surface area contributed by atoms with Crippen LogP contribution in [0, 0.1) is 10.7 Å². The predicted molar refractivity (Wildman–Crippen MR) is 20.2 cm³/mol. The van der Waals surface area contributed by atoms with Crippen LogP contribution in [0.2, 0.25) is 0 Å². The zero-order valence-electron chi connectivity index (χ0n) is 2.10. The minimum atomic E-state index is -0.542. The molecule has 0 aromatic carbocycles. The summed E-state index contributed by atoms with van der Waals surface area (Å²) in [5.74, 6) is 0. The van der Waals surface area contributed by atoms with E-state index >= 15 is 0 Å². The van der Waals surface area contributed by atoms with Crippen molar-refractivity contribution in [1.29, 1.82) is 0 Å². The van der Waals surface area contributed by atoms with Gasteiger partial charge in [-0.05, 0) is 11.6 Å². The van der Waals surface area contributed by atoms with Crippen molar-refractivity contribution in [3.8, 4) is 0 Å². The minimum absolute atomic E-state index is 0.542. The van der Waals surface area contributed by atoms with Crippen molar-refractivity contribution in [2.24, 2.45) is 0 Å². The Hall–Kier alpha value is 0.600. The minimum Gasteiger partial charge on any atom is -0.262 e. The Kier molecular flexibility index (Phi) is 3.16. The van der Waals surface area contributed by atoms with Crippen molar-refractivity contribution >= 4 is 27.2 Å². The van der Waals surface area contributed by atoms with Gasteiger partial charge in [-0.2, -0.15) is 0 Å². The number of halogens is 2. The zero-order chi connectivity index (χ0) is 4.28. The first-order valence-electron chi connectivity index (χ1n) is 0.764. The SMILES string of the molecule is O=C(Cl)S[ClH+]. The molecule has 30 valence electrons. The molecule has 0 N–H and O–H groups in total. The van der Waals surface area contributed by atoms with Gasteiger partial charge in [-0.15, -0.1) is 0 Å². The summed E-state index contributed by atoms with van der Waals surface area (Å²) in [5.41, 5.74) is 0. The average molecular weight is 132 g/mol. The molecule has 0 atom stereocenters. The number of carbonyl (C=O) groups excluding carboxylic acids is 1. The van der Waals surface area contributed by atoms with E-state index in [9.17, 15) is 4.79 Å². The Morgan fingerprint density at radius 3 is 2.20 bits per heavy atom. The molecule has 0 fully saturated rings. The molecule has 0 aromatic heterocycles. The molecule has 4 heteroatoms. The van der Waals surface area contributed by atoms with Gasteiger partial charge in [-0.3, -0.25) is 4.79 Å². The standard InChI is InChI=1S/CHCl2OS/c2-1(4)5-3/h3H/q+1. The number of hydrogen-bond donors (Lipinski definition) is 0. The molecule has 0 aliphatic heterocycles. The van der Waals surface area contributed by atoms with Crippen LogP contribution in [0.5, 0.6) is 0 Å². The molecule has 0 radical (unpaired) electrons. The summed E-state index contributed by atoms with van der Waals surface area (Å²) >= 11 is 4.68. The highest BCUT2D eigenvalue weighted by Gasteiger charge is 1.96. The van der Waals surface area contributed by atoms with Gasteiger partial charge in [-0.1, -0.05) is 0 Å². The second-order valence-corrected chi connectivity index (χ2v) is 1.93. The smallest absolute Gasteiger partial charge is 0.262 e. The van der Waals surface area contributed by atoms with E-state index in [1.807, 2.05) is 0 Å². The third-order valence-electron chi connectivity index (χ3n) is 0.0655. The average Bonchev–Trinajstić information content (AvgIpc) is 1.38. The van der Waals surface area contributed by atoms with Crippen molar-refractivity contribution in [1.82, 2.24) is 0 Å². The van der Waals surface area contributed by atoms with Crippen LogP contribution in [0.1, 0.15) is 0 Å². The normalized spacial score (nSPS) is 7.60. The molecule has 1 nitrogen and oxygen atoms in total. The molecule has 0 bridgehead atoms. The first-order chi connectivity index (χ1) is 2.27. The van der Waals surface area contributed by atoms with Gasteiger partial charge >= 0.3 is 4.57 Å². The first kappa shape index (κ1) is 5.60. The highest BCUT2D eigenvalue weighted by Crippen LogP contribution is 2.00. The molecule has 0 heterocycles. The molecular weight excluding hydrogens is 131 g/mol. The Morgan fingerprint density at radius 1 is 2.00 bits per heavy atom. The zero-order valence-corrected chi connectivity index (χ0v) is 4.49. The van der Waals surface area contributed by atoms with Crippen molar-refractivity contribution in [3.05, 3.63) is 0 Å². The lowest BCUT2D eigenvalue weighted by Gasteiger charge is -1.53. The van der Waals surface area contributed by atoms with Crippen LogP contribution >= 0.6 is 22.6 Å². The van der Waals surface area contributed by atoms with E-state index in [0.717, 1.165) is 0 Å². The molecule has 0 saturated carbocycles. The van der Waals surface area contributed by atoms with E-state index in [1.54, 1.807) is 0 Å². The van der Waals surface area contributed by atoms with E-state index < -0.39 is 4.57 Å². The largest absolute Gasteiger partial charge is 0.341 e. The quantitative estimate of drug-likeness (QED) is 0.461. The van der Waals surface area contributed by atoms with E-state index in [2.05, 4.69) is 22.3 Å². The maximum absolute atomic E-state index is 9.44. The van der Waals surface area contributed by atoms with E-state index in [4.69, 9.17) is 0 Å². The van der Waals surface area contributed by atoms with E-state index in [1.165, 1.54) is 0 Å². The summed E-state index contributed by atoms with van der Waals surface area (Å²) in [4.78, 5) is 9.44. The molecule has 0 aliphatic carbocycles. The molecule has 5 heavy (non-hydrogen) atoms. The highest BCUT2D eigenvalue weighted by atomic mass is 35.7. The van der Waals surface area contributed by atoms with Gasteiger partial charge in [0.25, 0.3) is 11.0 Å². The van der Waals surface area contributed by atoms with Gasteiger partial charge in [0.15, 0.2) is 0 Å². The van der Waals surface area contributed by atoms with Gasteiger partial charge in [0, 0.05) is 0 Å². The van der Waals surface area contributed by atoms with Crippen molar-refractivity contribution in [3.63, 3.8) is 0 Å². The van der Waals surface area contributed by atoms with Crippen molar-refractivity contribution in [2.45, 2.75) is 0 Å². The summed E-state index contributed by atoms with van der Waals surface area (Å²) in [7, 11) is 4.70. The van der Waals surface area contributed by atoms with Crippen LogP contribution in [0.25, 0.3) is 0 Å². The fraction of sp³-hybridized carbons (Fsp3) is 0. The van der Waals surface area contributed by atoms with Gasteiger partial charge in [0.1, 0.15) is 0 Å². The fourth-order valence-electron chi connectivity index (χ4n) is 0. The first-order valence-corrected chi connectivity index (χ1v) is 2.88. The van der Waals surface area contributed by atoms with Crippen molar-refractivity contribution in [2.75, 3.05) is 0 Å². The van der Waals surface area contributed by atoms with Gasteiger partial charge in [-0.25, -0.2) is 0 Å². The summed E-state index contributed by atoms with van der Waals surface area (Å²) in [6.07, 6.45) is 0. The Bertz CT molecular complexity index is 44.9. The number of rotatable bonds is 0. The predicted octanol–water partition coefficient (Wildman–Crippen LogP) is 1.27. The van der Waals surface area contributed by atoms with Gasteiger partial charge in [0.2, 0.25) is 10.7 Å². The third-order valence-corrected chi connectivity index (χ3v) is 1.16. The second kappa shape index (κ2) is 2.82. The molecule has 0 spiro atoms. The topological polar surface area (TPSA) is 17.1 Å². The summed E-state index contributed by atoms with van der Waals surface area (Å²) in [6.45, 7) is 0. The molecule has 0 aliphatic rings. The van der Waals surface area contributed by atoms with Crippen LogP contribution in [0.3, 0.4) is 0 Å². The van der Waals surface area contributed by atoms with Gasteiger partial charge < -0.3 is 0 Å². The van der Waals surface area contributed by atoms with Gasteiger partial charge in [0.05, 0.1) is 0 Å². The third kappa shape index (κ3) is 4.60. The maximum atomic E-state index is 9.44. The van der Waals surface area contributed by atoms with Crippen LogP contribution < -0.4 is 0 Å². The summed E-state index contributed by atoms with van der Waals surface area (Å²) < 4.78 is -0.542. The van der Waals surface area contributed by atoms with E-state index in [-0.39, 0.29) is 0 Å². The Morgan fingerprint density at radius 2 is 2.20 bits per heavy atom. The highest BCUT2D eigenvalue weighted by molar-refractivity contribution is 8.10. The summed E-state index contributed by atoms with van der Waals surface area (Å²) in [6, 6.07) is 0. The molecule has 0 unspecified atom stereocenters. The van der Waals surface area contributed by atoms with Crippen LogP contribution in [-0.4, -0.2) is 4.57 Å². The maximum Gasteiger partial charge on any atom is 0.341 e. The second-order valence-electron chi connectivity index (χ2n) is 0.321. The summed E-state index contributed by atoms with van der Waals surface area (Å²) in [5, 5.41) is 0. The van der Waals surface area contributed by atoms with Crippen LogP contribution in [-0.2, 0) is 0 Å². The Balaban J connectivity index is 2.85. The monoisotopic (exact) mass is 131 g/mol. The fourth-order valence-corrected chi connectivity index (χ4v) is 0. The van der Waals surface area contributed by atoms with Crippen molar-refractivity contribution < 1.29 is 15.5 Å². The van der Waals surface area contributed by atoms with E-state index in [0.29, 0.717) is 11.0 Å². The lowest BCUT2D eigenvalue weighted by Crippen LogP contribution is -1.58. The molecular formula is CHCl2OS+. The molecule has 0 saturated heterocycles. The molecule has 0 aromatic rings. The van der Waals surface area contributed by atoms with Crippen LogP contribution in [0.15, 0.2) is 0 Å². The number of hydrogen-bond acceptors (Lipinski definition) is 2. The molecule has 0 amide bonds. The lowest BCUT2D eigenvalue weighted by molar-refractivity contribution is -0.134. The Labute approximate surface area is 43.1 Å². The molecule has 0 rings (SSSR count). The lowest BCUT2D eigenvalue weighted by atomic mass is 11.8.